The van der Waals surface area contributed by atoms with Crippen LogP contribution in [0.2, 0.25) is 0 Å². The number of aliphatic hydroxyl groups is 7. The van der Waals surface area contributed by atoms with E-state index in [9.17, 15) is 35.7 Å². The summed E-state index contributed by atoms with van der Waals surface area (Å²) in [7, 11) is 0. The first-order valence-corrected chi connectivity index (χ1v) is 25.4. The van der Waals surface area contributed by atoms with Crippen LogP contribution < -0.4 is 16.4 Å². The highest BCUT2D eigenvalue weighted by atomic mass is 16.5. The molecule has 17 atom stereocenters. The van der Waals surface area contributed by atoms with Crippen LogP contribution in [0.5, 0.6) is 0 Å². The minimum absolute atomic E-state index is 0.0416. The van der Waals surface area contributed by atoms with Crippen LogP contribution in [-0.2, 0) is 9.53 Å². The SMILES string of the molecule is CCCC1CCC2OC(C(O)C(C)(O)C3CCC4(O)C5=C(NCC(C)O)C(=O)C6CC(O)C(O)CC6(CCC6=C(CCCO)NC(N)C=C6)C5CCC34C3CCCC3)C(C)C2CC1. The standard InChI is InChI=1S/C51H83N3O9/c1-5-9-31-13-16-34-30(3)46(63-40(34)17-14-31)47(60)48(4,61)41-21-24-51(62)43-35(20-23-50(41,51)33-10-6-7-11-33)49(22-19-32-15-18-42(52)54-37(32)12-8-25-55)27-39(58)38(57)26-36(49)45(59)44(43)53-28-29(2)56/h15,18,29-31,33-36,38-42,46-47,53-58,60-62H,5-14,16-17,19-28,52H2,1-4H3. The van der Waals surface area contributed by atoms with Crippen LogP contribution in [0, 0.1) is 52.3 Å². The average Bonchev–Trinajstić information content (AvgIpc) is 3.94. The summed E-state index contributed by atoms with van der Waals surface area (Å²) in [5.41, 5.74) is 4.47. The first kappa shape index (κ1) is 47.6. The zero-order valence-corrected chi connectivity index (χ0v) is 38.8. The van der Waals surface area contributed by atoms with Crippen molar-refractivity contribution in [2.24, 2.45) is 58.0 Å². The Morgan fingerprint density at radius 1 is 1.02 bits per heavy atom. The van der Waals surface area contributed by atoms with Gasteiger partial charge in [-0.2, -0.15) is 0 Å². The third-order valence-electron chi connectivity index (χ3n) is 19.0. The maximum atomic E-state index is 15.4. The molecule has 0 spiro atoms. The Morgan fingerprint density at radius 3 is 2.48 bits per heavy atom. The number of Topliss-reactive ketones (excluding diaryl/α,β-unsaturated/α-hetero) is 1. The number of hydrogen-bond acceptors (Lipinski definition) is 12. The predicted molar refractivity (Wildman–Crippen MR) is 241 cm³/mol. The lowest BCUT2D eigenvalue weighted by molar-refractivity contribution is -0.217. The van der Waals surface area contributed by atoms with Crippen molar-refractivity contribution < 1.29 is 45.3 Å². The van der Waals surface area contributed by atoms with Crippen molar-refractivity contribution in [1.29, 1.82) is 0 Å². The monoisotopic (exact) mass is 882 g/mol. The van der Waals surface area contributed by atoms with E-state index in [2.05, 4.69) is 24.5 Å². The number of rotatable bonds is 15. The molecule has 12 heteroatoms. The average molecular weight is 882 g/mol. The van der Waals surface area contributed by atoms with E-state index in [0.717, 1.165) is 56.2 Å². The van der Waals surface area contributed by atoms with Crippen LogP contribution in [0.15, 0.2) is 34.7 Å². The lowest BCUT2D eigenvalue weighted by atomic mass is 9.41. The van der Waals surface area contributed by atoms with Gasteiger partial charge in [-0.3, -0.25) is 4.79 Å². The minimum Gasteiger partial charge on any atom is -0.396 e. The molecule has 63 heavy (non-hydrogen) atoms. The molecule has 17 unspecified atom stereocenters. The Morgan fingerprint density at radius 2 is 1.76 bits per heavy atom. The molecule has 11 N–H and O–H groups in total. The molecule has 0 aromatic heterocycles. The molecule has 356 valence electrons. The summed E-state index contributed by atoms with van der Waals surface area (Å²) in [5.74, 6) is -0.495. The van der Waals surface area contributed by atoms with Crippen LogP contribution >= 0.6 is 0 Å². The molecule has 2 aliphatic heterocycles. The second kappa shape index (κ2) is 18.7. The number of carbonyl (C=O) groups excluding carboxylic acids is 1. The Balaban J connectivity index is 1.19. The molecule has 0 amide bonds. The van der Waals surface area contributed by atoms with Crippen LogP contribution in [0.25, 0.3) is 0 Å². The minimum atomic E-state index is -1.61. The van der Waals surface area contributed by atoms with E-state index in [1.165, 1.54) is 19.3 Å². The number of fused-ring (bicyclic) bond motifs is 6. The van der Waals surface area contributed by atoms with Gasteiger partial charge in [0.1, 0.15) is 6.10 Å². The molecule has 0 bridgehead atoms. The van der Waals surface area contributed by atoms with E-state index < -0.39 is 64.4 Å². The van der Waals surface area contributed by atoms with Crippen LogP contribution in [-0.4, -0.2) is 109 Å². The normalized spacial score (nSPS) is 43.7. The maximum absolute atomic E-state index is 15.4. The molecule has 0 radical (unpaired) electrons. The van der Waals surface area contributed by atoms with Gasteiger partial charge < -0.3 is 56.8 Å². The quantitative estimate of drug-likeness (QED) is 0.105. The molecule has 8 rings (SSSR count). The molecule has 0 aromatic rings. The number of aliphatic hydroxyl groups excluding tert-OH is 5. The molecule has 0 aromatic carbocycles. The second-order valence-corrected chi connectivity index (χ2v) is 22.3. The van der Waals surface area contributed by atoms with Crippen molar-refractivity contribution >= 4 is 5.78 Å². The van der Waals surface area contributed by atoms with Crippen molar-refractivity contribution in [3.63, 3.8) is 0 Å². The number of nitrogens with one attached hydrogen (secondary N) is 2. The van der Waals surface area contributed by atoms with Gasteiger partial charge in [-0.1, -0.05) is 52.0 Å². The fourth-order valence-corrected chi connectivity index (χ4v) is 16.1. The second-order valence-electron chi connectivity index (χ2n) is 22.3. The van der Waals surface area contributed by atoms with Crippen molar-refractivity contribution in [1.82, 2.24) is 10.6 Å². The zero-order valence-electron chi connectivity index (χ0n) is 38.8. The van der Waals surface area contributed by atoms with Crippen LogP contribution in [0.1, 0.15) is 156 Å². The van der Waals surface area contributed by atoms with E-state index in [0.29, 0.717) is 74.5 Å². The summed E-state index contributed by atoms with van der Waals surface area (Å²) < 4.78 is 6.85. The number of hydrogen-bond donors (Lipinski definition) is 10. The van der Waals surface area contributed by atoms with E-state index in [4.69, 9.17) is 10.5 Å². The Bertz CT molecular complexity index is 1740. The van der Waals surface area contributed by atoms with Gasteiger partial charge in [0.25, 0.3) is 0 Å². The van der Waals surface area contributed by atoms with Gasteiger partial charge in [0.05, 0.1) is 53.6 Å². The lowest BCUT2D eigenvalue weighted by Crippen LogP contribution is -2.67. The van der Waals surface area contributed by atoms with Gasteiger partial charge in [0.2, 0.25) is 0 Å². The first-order valence-electron chi connectivity index (χ1n) is 25.4. The molecular weight excluding hydrogens is 799 g/mol. The van der Waals surface area contributed by atoms with Gasteiger partial charge in [-0.15, -0.1) is 0 Å². The smallest absolute Gasteiger partial charge is 0.182 e. The summed E-state index contributed by atoms with van der Waals surface area (Å²) >= 11 is 0. The van der Waals surface area contributed by atoms with Crippen LogP contribution in [0.4, 0.5) is 0 Å². The molecule has 5 saturated carbocycles. The summed E-state index contributed by atoms with van der Waals surface area (Å²) in [6, 6.07) is 0. The molecular formula is C51H83N3O9. The number of carbonyl (C=O) groups is 1. The summed E-state index contributed by atoms with van der Waals surface area (Å²) in [4.78, 5) is 15.4. The van der Waals surface area contributed by atoms with Crippen LogP contribution in [0.3, 0.4) is 0 Å². The largest absolute Gasteiger partial charge is 0.396 e. The third kappa shape index (κ3) is 8.13. The van der Waals surface area contributed by atoms with Crippen molar-refractivity contribution in [2.75, 3.05) is 13.2 Å². The van der Waals surface area contributed by atoms with E-state index in [1.54, 1.807) is 13.8 Å². The Kier molecular flexibility index (Phi) is 14.1. The van der Waals surface area contributed by atoms with Crippen molar-refractivity contribution in [3.05, 3.63) is 34.7 Å². The summed E-state index contributed by atoms with van der Waals surface area (Å²) in [6.07, 6.45) is 14.1. The van der Waals surface area contributed by atoms with Crippen molar-refractivity contribution in [2.45, 2.75) is 210 Å². The zero-order chi connectivity index (χ0) is 45.1. The van der Waals surface area contributed by atoms with E-state index in [1.807, 2.05) is 12.2 Å². The highest BCUT2D eigenvalue weighted by Crippen LogP contribution is 2.74. The van der Waals surface area contributed by atoms with E-state index in [-0.39, 0.29) is 61.8 Å². The third-order valence-corrected chi connectivity index (χ3v) is 19.0. The summed E-state index contributed by atoms with van der Waals surface area (Å²) in [5, 5.41) is 90.0. The van der Waals surface area contributed by atoms with Gasteiger partial charge in [-0.05, 0) is 168 Å². The number of ether oxygens (including phenoxy) is 1. The van der Waals surface area contributed by atoms with Gasteiger partial charge in [-0.25, -0.2) is 0 Å². The molecule has 12 nitrogen and oxygen atoms in total. The Labute approximate surface area is 376 Å². The number of allylic oxidation sites excluding steroid dienone is 4. The molecule has 1 saturated heterocycles. The predicted octanol–water partition coefficient (Wildman–Crippen LogP) is 5.01. The lowest BCUT2D eigenvalue weighted by Gasteiger charge is -2.64. The molecule has 8 aliphatic rings. The van der Waals surface area contributed by atoms with E-state index >= 15 is 4.79 Å². The highest BCUT2D eigenvalue weighted by Gasteiger charge is 2.74. The Hall–Kier alpha value is -1.87. The number of dihydropyridines is 1. The van der Waals surface area contributed by atoms with Gasteiger partial charge in [0, 0.05) is 30.2 Å². The van der Waals surface area contributed by atoms with Gasteiger partial charge >= 0.3 is 0 Å². The summed E-state index contributed by atoms with van der Waals surface area (Å²) in [6.45, 7) is 8.06. The first-order chi connectivity index (χ1) is 30.0. The maximum Gasteiger partial charge on any atom is 0.182 e. The van der Waals surface area contributed by atoms with Crippen molar-refractivity contribution in [3.8, 4) is 0 Å². The number of ketones is 1. The molecule has 6 aliphatic carbocycles. The molecule has 6 fully saturated rings. The fraction of sp³-hybridized carbons (Fsp3) is 0.863. The number of nitrogens with two attached hydrogens (primary N) is 1. The topological polar surface area (TPSA) is 218 Å². The fourth-order valence-electron chi connectivity index (χ4n) is 16.1. The highest BCUT2D eigenvalue weighted by molar-refractivity contribution is 6.00. The molecule has 2 heterocycles. The van der Waals surface area contributed by atoms with Gasteiger partial charge in [0.15, 0.2) is 5.78 Å².